The minimum absolute atomic E-state index is 0.271. The maximum absolute atomic E-state index is 13.2. The molecule has 158 valence electrons. The average molecular weight is 475 g/mol. The Morgan fingerprint density at radius 3 is 2.40 bits per heavy atom. The fourth-order valence-electron chi connectivity index (χ4n) is 3.30. The van der Waals surface area contributed by atoms with Crippen LogP contribution in [0.5, 0.6) is 11.5 Å². The molecular formula is C22H23BrN2O5. The number of hydrogen-bond acceptors (Lipinski definition) is 5. The third kappa shape index (κ3) is 4.43. The number of ether oxygens (including phenoxy) is 3. The fourth-order valence-corrected chi connectivity index (χ4v) is 3.76. The third-order valence-electron chi connectivity index (χ3n) is 4.48. The van der Waals surface area contributed by atoms with Crippen molar-refractivity contribution >= 4 is 33.6 Å². The van der Waals surface area contributed by atoms with Crippen molar-refractivity contribution in [3.05, 3.63) is 63.6 Å². The minimum Gasteiger partial charge on any atom is -0.493 e. The number of carbonyl (C=O) groups excluding carboxylic acids is 2. The molecule has 1 unspecified atom stereocenters. The number of esters is 1. The molecule has 3 rings (SSSR count). The first-order valence-corrected chi connectivity index (χ1v) is 10.1. The van der Waals surface area contributed by atoms with Gasteiger partial charge in [-0.25, -0.2) is 9.59 Å². The van der Waals surface area contributed by atoms with Crippen LogP contribution in [0.2, 0.25) is 0 Å². The lowest BCUT2D eigenvalue weighted by molar-refractivity contribution is -0.143. The summed E-state index contributed by atoms with van der Waals surface area (Å²) in [5.41, 5.74) is 1.90. The summed E-state index contributed by atoms with van der Waals surface area (Å²) in [7, 11) is 3.03. The molecule has 2 aromatic carbocycles. The van der Waals surface area contributed by atoms with Gasteiger partial charge in [-0.3, -0.25) is 0 Å². The first-order chi connectivity index (χ1) is 14.3. The van der Waals surface area contributed by atoms with Crippen LogP contribution in [0.3, 0.4) is 0 Å². The van der Waals surface area contributed by atoms with Crippen LogP contribution in [0.25, 0.3) is 5.70 Å². The number of hydrogen-bond donors (Lipinski definition) is 2. The van der Waals surface area contributed by atoms with E-state index >= 15 is 0 Å². The predicted octanol–water partition coefficient (Wildman–Crippen LogP) is 4.18. The molecule has 1 atom stereocenters. The summed E-state index contributed by atoms with van der Waals surface area (Å²) in [5.74, 6) is 0.338. The first-order valence-electron chi connectivity index (χ1n) is 9.35. The number of carbonyl (C=O) groups is 2. The fraction of sp³-hybridized carbons (Fsp3) is 0.273. The molecule has 2 amide bonds. The van der Waals surface area contributed by atoms with Gasteiger partial charge in [0.25, 0.3) is 0 Å². The number of benzene rings is 2. The lowest BCUT2D eigenvalue weighted by atomic mass is 9.92. The van der Waals surface area contributed by atoms with Gasteiger partial charge in [0.2, 0.25) is 0 Å². The highest BCUT2D eigenvalue weighted by Gasteiger charge is 2.37. The van der Waals surface area contributed by atoms with E-state index in [-0.39, 0.29) is 11.7 Å². The topological polar surface area (TPSA) is 85.9 Å². The van der Waals surface area contributed by atoms with Crippen molar-refractivity contribution in [1.82, 2.24) is 10.6 Å². The summed E-state index contributed by atoms with van der Waals surface area (Å²) in [6.45, 7) is 3.54. The van der Waals surface area contributed by atoms with Crippen LogP contribution in [-0.4, -0.2) is 32.3 Å². The van der Waals surface area contributed by atoms with Crippen LogP contribution >= 0.6 is 15.9 Å². The summed E-state index contributed by atoms with van der Waals surface area (Å²) in [6, 6.07) is 11.4. The van der Waals surface area contributed by atoms with E-state index in [9.17, 15) is 9.59 Å². The van der Waals surface area contributed by atoms with E-state index in [0.29, 0.717) is 32.8 Å². The Morgan fingerprint density at radius 2 is 1.80 bits per heavy atom. The van der Waals surface area contributed by atoms with Crippen LogP contribution in [0, 0.1) is 0 Å². The predicted molar refractivity (Wildman–Crippen MR) is 116 cm³/mol. The molecule has 8 heteroatoms. The highest BCUT2D eigenvalue weighted by atomic mass is 79.9. The van der Waals surface area contributed by atoms with Crippen LogP contribution in [0.15, 0.2) is 52.5 Å². The summed E-state index contributed by atoms with van der Waals surface area (Å²) < 4.78 is 17.2. The Morgan fingerprint density at radius 1 is 1.10 bits per heavy atom. The Kier molecular flexibility index (Phi) is 6.66. The van der Waals surface area contributed by atoms with Crippen molar-refractivity contribution in [3.8, 4) is 11.5 Å². The Hall–Kier alpha value is -3.00. The zero-order chi connectivity index (χ0) is 21.8. The molecule has 30 heavy (non-hydrogen) atoms. The SMILES string of the molecule is COc1cc(Br)cc(C2NC(=O)NC(c3ccccc3)=C2C(=O)OC(C)C)c1OC. The molecule has 0 saturated carbocycles. The van der Waals surface area contributed by atoms with Gasteiger partial charge in [0.15, 0.2) is 11.5 Å². The maximum Gasteiger partial charge on any atom is 0.338 e. The number of rotatable bonds is 6. The van der Waals surface area contributed by atoms with Crippen molar-refractivity contribution in [3.63, 3.8) is 0 Å². The highest BCUT2D eigenvalue weighted by Crippen LogP contribution is 2.42. The molecule has 0 aliphatic carbocycles. The van der Waals surface area contributed by atoms with E-state index in [0.717, 1.165) is 0 Å². The quantitative estimate of drug-likeness (QED) is 0.613. The minimum atomic E-state index is -0.818. The Bertz CT molecular complexity index is 989. The second-order valence-corrected chi connectivity index (χ2v) is 7.79. The van der Waals surface area contributed by atoms with E-state index in [1.54, 1.807) is 26.0 Å². The molecule has 0 spiro atoms. The standard InChI is InChI=1S/C22H23BrN2O5/c1-12(2)30-21(26)17-18(13-8-6-5-7-9-13)24-22(27)25-19(17)15-10-14(23)11-16(28-3)20(15)29-4/h5-12,19H,1-4H3,(H2,24,25,27). The van der Waals surface area contributed by atoms with E-state index in [4.69, 9.17) is 14.2 Å². The molecule has 0 radical (unpaired) electrons. The van der Waals surface area contributed by atoms with Gasteiger partial charge in [0.05, 0.1) is 37.6 Å². The van der Waals surface area contributed by atoms with Crippen LogP contribution in [-0.2, 0) is 9.53 Å². The molecule has 2 N–H and O–H groups in total. The summed E-state index contributed by atoms with van der Waals surface area (Å²) >= 11 is 3.46. The zero-order valence-electron chi connectivity index (χ0n) is 17.1. The molecule has 1 heterocycles. The van der Waals surface area contributed by atoms with Gasteiger partial charge in [-0.1, -0.05) is 46.3 Å². The maximum atomic E-state index is 13.2. The molecule has 0 bridgehead atoms. The number of urea groups is 1. The van der Waals surface area contributed by atoms with Crippen molar-refractivity contribution in [2.24, 2.45) is 0 Å². The number of nitrogens with one attached hydrogen (secondary N) is 2. The van der Waals surface area contributed by atoms with Gasteiger partial charge >= 0.3 is 12.0 Å². The van der Waals surface area contributed by atoms with Gasteiger partial charge in [-0.2, -0.15) is 0 Å². The van der Waals surface area contributed by atoms with E-state index in [1.807, 2.05) is 30.3 Å². The van der Waals surface area contributed by atoms with Gasteiger partial charge in [0, 0.05) is 10.0 Å². The second-order valence-electron chi connectivity index (χ2n) is 6.87. The largest absolute Gasteiger partial charge is 0.493 e. The third-order valence-corrected chi connectivity index (χ3v) is 4.94. The molecule has 1 aliphatic rings. The lowest BCUT2D eigenvalue weighted by Gasteiger charge is -2.31. The second kappa shape index (κ2) is 9.21. The van der Waals surface area contributed by atoms with E-state index in [1.165, 1.54) is 14.2 Å². The average Bonchev–Trinajstić information content (AvgIpc) is 2.72. The molecule has 7 nitrogen and oxygen atoms in total. The van der Waals surface area contributed by atoms with Crippen molar-refractivity contribution in [1.29, 1.82) is 0 Å². The molecule has 2 aromatic rings. The smallest absolute Gasteiger partial charge is 0.338 e. The van der Waals surface area contributed by atoms with Crippen LogP contribution < -0.4 is 20.1 Å². The Balaban J connectivity index is 2.28. The van der Waals surface area contributed by atoms with Gasteiger partial charge in [0.1, 0.15) is 0 Å². The zero-order valence-corrected chi connectivity index (χ0v) is 18.7. The van der Waals surface area contributed by atoms with Crippen LogP contribution in [0.4, 0.5) is 4.79 Å². The molecule has 0 aromatic heterocycles. The van der Waals surface area contributed by atoms with Gasteiger partial charge < -0.3 is 24.8 Å². The monoisotopic (exact) mass is 474 g/mol. The summed E-state index contributed by atoms with van der Waals surface area (Å²) in [4.78, 5) is 25.7. The summed E-state index contributed by atoms with van der Waals surface area (Å²) in [6.07, 6.45) is -0.334. The van der Waals surface area contributed by atoms with Crippen molar-refractivity contribution in [2.75, 3.05) is 14.2 Å². The number of amides is 2. The van der Waals surface area contributed by atoms with Crippen molar-refractivity contribution in [2.45, 2.75) is 26.0 Å². The Labute approximate surface area is 183 Å². The molecule has 0 fully saturated rings. The molecule has 0 saturated heterocycles. The number of halogens is 1. The van der Waals surface area contributed by atoms with Crippen molar-refractivity contribution < 1.29 is 23.8 Å². The normalized spacial score (nSPS) is 16.1. The lowest BCUT2D eigenvalue weighted by Crippen LogP contribution is -2.45. The molecular weight excluding hydrogens is 452 g/mol. The van der Waals surface area contributed by atoms with E-state index in [2.05, 4.69) is 26.6 Å². The van der Waals surface area contributed by atoms with Crippen LogP contribution in [0.1, 0.15) is 31.0 Å². The van der Waals surface area contributed by atoms with Gasteiger partial charge in [-0.05, 0) is 31.5 Å². The van der Waals surface area contributed by atoms with E-state index < -0.39 is 18.0 Å². The first kappa shape index (κ1) is 21.7. The highest BCUT2D eigenvalue weighted by molar-refractivity contribution is 9.10. The number of methoxy groups -OCH3 is 2. The van der Waals surface area contributed by atoms with Gasteiger partial charge in [-0.15, -0.1) is 0 Å². The molecule has 1 aliphatic heterocycles. The summed E-state index contributed by atoms with van der Waals surface area (Å²) in [5, 5.41) is 5.59.